The van der Waals surface area contributed by atoms with Crippen molar-refractivity contribution in [2.75, 3.05) is 6.61 Å². The number of carboxylic acid groups (broad SMARTS) is 1. The van der Waals surface area contributed by atoms with Crippen LogP contribution in [0.3, 0.4) is 0 Å². The zero-order valence-corrected chi connectivity index (χ0v) is 8.49. The number of rotatable bonds is 6. The van der Waals surface area contributed by atoms with E-state index in [2.05, 4.69) is 5.32 Å². The monoisotopic (exact) mass is 203 g/mol. The van der Waals surface area contributed by atoms with Crippen LogP contribution in [0.15, 0.2) is 0 Å². The third-order valence-electron chi connectivity index (χ3n) is 1.76. The molecule has 1 amide bonds. The topological polar surface area (TPSA) is 86.6 Å². The van der Waals surface area contributed by atoms with Crippen LogP contribution in [-0.4, -0.2) is 34.7 Å². The van der Waals surface area contributed by atoms with Crippen LogP contribution in [-0.2, 0) is 9.59 Å². The fraction of sp³-hybridized carbons (Fsp3) is 0.778. The first-order chi connectivity index (χ1) is 6.47. The first-order valence-electron chi connectivity index (χ1n) is 4.60. The summed E-state index contributed by atoms with van der Waals surface area (Å²) in [5, 5.41) is 19.4. The molecule has 0 saturated heterocycles. The van der Waals surface area contributed by atoms with Gasteiger partial charge in [0.1, 0.15) is 6.04 Å². The van der Waals surface area contributed by atoms with Crippen LogP contribution in [0.2, 0.25) is 0 Å². The lowest BCUT2D eigenvalue weighted by Crippen LogP contribution is -2.43. The molecule has 0 unspecified atom stereocenters. The summed E-state index contributed by atoms with van der Waals surface area (Å²) in [6.07, 6.45) is 1.01. The van der Waals surface area contributed by atoms with Crippen LogP contribution in [0, 0.1) is 5.92 Å². The average Bonchev–Trinajstić information content (AvgIpc) is 2.10. The van der Waals surface area contributed by atoms with Gasteiger partial charge in [0.05, 0.1) is 6.61 Å². The van der Waals surface area contributed by atoms with E-state index in [-0.39, 0.29) is 5.91 Å². The number of carbonyl (C=O) groups excluding carboxylic acids is 1. The number of aliphatic hydroxyl groups is 1. The Morgan fingerprint density at radius 3 is 2.29 bits per heavy atom. The molecule has 14 heavy (non-hydrogen) atoms. The maximum absolute atomic E-state index is 11.1. The molecule has 0 aromatic carbocycles. The van der Waals surface area contributed by atoms with Gasteiger partial charge in [0.2, 0.25) is 5.91 Å². The van der Waals surface area contributed by atoms with E-state index < -0.39 is 18.6 Å². The Morgan fingerprint density at radius 1 is 1.36 bits per heavy atom. The minimum Gasteiger partial charge on any atom is -0.480 e. The van der Waals surface area contributed by atoms with Gasteiger partial charge in [-0.1, -0.05) is 13.8 Å². The van der Waals surface area contributed by atoms with Crippen molar-refractivity contribution in [3.8, 4) is 0 Å². The molecule has 0 radical (unpaired) electrons. The number of carbonyl (C=O) groups is 2. The van der Waals surface area contributed by atoms with Crippen molar-refractivity contribution in [1.29, 1.82) is 0 Å². The molecule has 0 fully saturated rings. The maximum atomic E-state index is 11.1. The fourth-order valence-electron chi connectivity index (χ4n) is 0.872. The molecule has 0 heterocycles. The first kappa shape index (κ1) is 12.9. The summed E-state index contributed by atoms with van der Waals surface area (Å²) in [6.45, 7) is 3.38. The minimum atomic E-state index is -1.22. The molecule has 0 bridgehead atoms. The van der Waals surface area contributed by atoms with E-state index in [0.29, 0.717) is 18.8 Å². The molecule has 0 aromatic heterocycles. The van der Waals surface area contributed by atoms with Crippen molar-refractivity contribution < 1.29 is 19.8 Å². The highest BCUT2D eigenvalue weighted by molar-refractivity contribution is 5.83. The smallest absolute Gasteiger partial charge is 0.328 e. The summed E-state index contributed by atoms with van der Waals surface area (Å²) in [7, 11) is 0. The number of hydrogen-bond donors (Lipinski definition) is 3. The summed E-state index contributed by atoms with van der Waals surface area (Å²) in [6, 6.07) is -1.19. The Hall–Kier alpha value is -1.10. The maximum Gasteiger partial charge on any atom is 0.328 e. The summed E-state index contributed by atoms with van der Waals surface area (Å²) in [5.41, 5.74) is 0. The van der Waals surface area contributed by atoms with Gasteiger partial charge in [-0.05, 0) is 12.3 Å². The lowest BCUT2D eigenvalue weighted by molar-refractivity contribution is -0.143. The molecule has 5 nitrogen and oxygen atoms in total. The van der Waals surface area contributed by atoms with Crippen molar-refractivity contribution >= 4 is 11.9 Å². The molecule has 0 aromatic rings. The molecule has 0 rings (SSSR count). The van der Waals surface area contributed by atoms with Gasteiger partial charge in [-0.25, -0.2) is 4.79 Å². The summed E-state index contributed by atoms with van der Waals surface area (Å²) in [5.74, 6) is -1.15. The molecular formula is C9H17NO4. The molecule has 82 valence electrons. The normalized spacial score (nSPS) is 12.6. The van der Waals surface area contributed by atoms with E-state index >= 15 is 0 Å². The van der Waals surface area contributed by atoms with Crippen molar-refractivity contribution in [3.05, 3.63) is 0 Å². The number of carboxylic acids is 1. The predicted octanol–water partition coefficient (Wildman–Crippen LogP) is -0.0157. The first-order valence-corrected chi connectivity index (χ1v) is 4.60. The zero-order valence-electron chi connectivity index (χ0n) is 8.49. The Balaban J connectivity index is 3.85. The Labute approximate surface area is 83.1 Å². The Kier molecular flexibility index (Phi) is 5.87. The quantitative estimate of drug-likeness (QED) is 0.566. The molecule has 1 atom stereocenters. The van der Waals surface area contributed by atoms with Gasteiger partial charge in [0, 0.05) is 6.42 Å². The third-order valence-corrected chi connectivity index (χ3v) is 1.76. The predicted molar refractivity (Wildman–Crippen MR) is 50.7 cm³/mol. The molecule has 0 aliphatic heterocycles. The zero-order chi connectivity index (χ0) is 11.1. The Morgan fingerprint density at radius 2 is 1.93 bits per heavy atom. The second kappa shape index (κ2) is 6.37. The van der Waals surface area contributed by atoms with Crippen LogP contribution >= 0.6 is 0 Å². The SMILES string of the molecule is CC(C)CCC(=O)N[C@H](CO)C(=O)O. The molecule has 0 saturated carbocycles. The molecule has 0 aliphatic rings. The van der Waals surface area contributed by atoms with Gasteiger partial charge in [-0.15, -0.1) is 0 Å². The highest BCUT2D eigenvalue weighted by Crippen LogP contribution is 2.03. The van der Waals surface area contributed by atoms with E-state index in [0.717, 1.165) is 0 Å². The second-order valence-electron chi connectivity index (χ2n) is 3.57. The van der Waals surface area contributed by atoms with E-state index in [9.17, 15) is 9.59 Å². The standard InChI is InChI=1S/C9H17NO4/c1-6(2)3-4-8(12)10-7(5-11)9(13)14/h6-7,11H,3-5H2,1-2H3,(H,10,12)(H,13,14)/t7-/m1/s1. The van der Waals surface area contributed by atoms with Crippen LogP contribution < -0.4 is 5.32 Å². The lowest BCUT2D eigenvalue weighted by atomic mass is 10.1. The van der Waals surface area contributed by atoms with E-state index in [1.54, 1.807) is 0 Å². The van der Waals surface area contributed by atoms with Gasteiger partial charge >= 0.3 is 5.97 Å². The van der Waals surface area contributed by atoms with Crippen molar-refractivity contribution in [2.24, 2.45) is 5.92 Å². The van der Waals surface area contributed by atoms with Gasteiger partial charge in [0.15, 0.2) is 0 Å². The van der Waals surface area contributed by atoms with Crippen LogP contribution in [0.1, 0.15) is 26.7 Å². The summed E-state index contributed by atoms with van der Waals surface area (Å²) < 4.78 is 0. The number of hydrogen-bond acceptors (Lipinski definition) is 3. The van der Waals surface area contributed by atoms with E-state index in [1.165, 1.54) is 0 Å². The number of aliphatic hydroxyl groups excluding tert-OH is 1. The van der Waals surface area contributed by atoms with Crippen molar-refractivity contribution in [1.82, 2.24) is 5.32 Å². The van der Waals surface area contributed by atoms with Gasteiger partial charge in [-0.3, -0.25) is 4.79 Å². The van der Waals surface area contributed by atoms with Gasteiger partial charge in [0.25, 0.3) is 0 Å². The molecular weight excluding hydrogens is 186 g/mol. The van der Waals surface area contributed by atoms with E-state index in [1.807, 2.05) is 13.8 Å². The molecule has 3 N–H and O–H groups in total. The lowest BCUT2D eigenvalue weighted by Gasteiger charge is -2.11. The van der Waals surface area contributed by atoms with Crippen LogP contribution in [0.25, 0.3) is 0 Å². The van der Waals surface area contributed by atoms with Crippen molar-refractivity contribution in [2.45, 2.75) is 32.7 Å². The summed E-state index contributed by atoms with van der Waals surface area (Å²) >= 11 is 0. The fourth-order valence-corrected chi connectivity index (χ4v) is 0.872. The molecule has 5 heteroatoms. The van der Waals surface area contributed by atoms with Crippen molar-refractivity contribution in [3.63, 3.8) is 0 Å². The average molecular weight is 203 g/mol. The van der Waals surface area contributed by atoms with Crippen LogP contribution in [0.4, 0.5) is 0 Å². The van der Waals surface area contributed by atoms with Gasteiger partial charge in [-0.2, -0.15) is 0 Å². The highest BCUT2D eigenvalue weighted by Gasteiger charge is 2.18. The third kappa shape index (κ3) is 5.53. The second-order valence-corrected chi connectivity index (χ2v) is 3.57. The largest absolute Gasteiger partial charge is 0.480 e. The minimum absolute atomic E-state index is 0.293. The molecule has 0 spiro atoms. The summed E-state index contributed by atoms with van der Waals surface area (Å²) in [4.78, 5) is 21.6. The Bertz CT molecular complexity index is 203. The van der Waals surface area contributed by atoms with E-state index in [4.69, 9.17) is 10.2 Å². The number of aliphatic carboxylic acids is 1. The number of nitrogens with one attached hydrogen (secondary N) is 1. The highest BCUT2D eigenvalue weighted by atomic mass is 16.4. The van der Waals surface area contributed by atoms with Crippen LogP contribution in [0.5, 0.6) is 0 Å². The number of amides is 1. The molecule has 0 aliphatic carbocycles. The van der Waals surface area contributed by atoms with Gasteiger partial charge < -0.3 is 15.5 Å².